The zero-order valence-electron chi connectivity index (χ0n) is 11.0. The standard InChI is InChI=1S/C14H15FN2OS/c1-8(16-10(3)18)13-9(2)17-14(19-13)11-6-4-5-7-12(11)15/h4-8H,1-3H3,(H,16,18). The second-order valence-corrected chi connectivity index (χ2v) is 5.40. The number of thiazole rings is 1. The molecule has 19 heavy (non-hydrogen) atoms. The van der Waals surface area contributed by atoms with Crippen LogP contribution < -0.4 is 5.32 Å². The number of halogens is 1. The van der Waals surface area contributed by atoms with Crippen LogP contribution in [-0.2, 0) is 4.79 Å². The summed E-state index contributed by atoms with van der Waals surface area (Å²) in [5.74, 6) is -0.372. The first kappa shape index (κ1) is 13.7. The number of benzene rings is 1. The lowest BCUT2D eigenvalue weighted by Crippen LogP contribution is -2.23. The van der Waals surface area contributed by atoms with Crippen LogP contribution in [0.15, 0.2) is 24.3 Å². The summed E-state index contributed by atoms with van der Waals surface area (Å²) in [6.45, 7) is 5.24. The van der Waals surface area contributed by atoms with Gasteiger partial charge in [-0.1, -0.05) is 12.1 Å². The molecule has 1 aromatic carbocycles. The molecule has 5 heteroatoms. The van der Waals surface area contributed by atoms with Crippen LogP contribution in [0.1, 0.15) is 30.5 Å². The lowest BCUT2D eigenvalue weighted by molar-refractivity contribution is -0.119. The Morgan fingerprint density at radius 1 is 1.42 bits per heavy atom. The average molecular weight is 278 g/mol. The van der Waals surface area contributed by atoms with Crippen molar-refractivity contribution >= 4 is 17.2 Å². The minimum Gasteiger partial charge on any atom is -0.349 e. The molecular formula is C14H15FN2OS. The normalized spacial score (nSPS) is 12.2. The van der Waals surface area contributed by atoms with Gasteiger partial charge in [-0.3, -0.25) is 4.79 Å². The number of carbonyl (C=O) groups excluding carboxylic acids is 1. The maximum absolute atomic E-state index is 13.7. The fourth-order valence-electron chi connectivity index (χ4n) is 1.93. The third-order valence-electron chi connectivity index (χ3n) is 2.75. The highest BCUT2D eigenvalue weighted by atomic mass is 32.1. The summed E-state index contributed by atoms with van der Waals surface area (Å²) < 4.78 is 13.7. The van der Waals surface area contributed by atoms with E-state index in [4.69, 9.17) is 0 Å². The van der Waals surface area contributed by atoms with Gasteiger partial charge in [0.05, 0.1) is 16.6 Å². The molecular weight excluding hydrogens is 263 g/mol. The van der Waals surface area contributed by atoms with Crippen LogP contribution in [0.2, 0.25) is 0 Å². The first-order valence-corrected chi connectivity index (χ1v) is 6.80. The first-order valence-electron chi connectivity index (χ1n) is 5.98. The topological polar surface area (TPSA) is 42.0 Å². The van der Waals surface area contributed by atoms with Crippen molar-refractivity contribution in [1.29, 1.82) is 0 Å². The van der Waals surface area contributed by atoms with E-state index in [0.717, 1.165) is 10.6 Å². The summed E-state index contributed by atoms with van der Waals surface area (Å²) in [5.41, 5.74) is 1.32. The Labute approximate surface area is 115 Å². The molecule has 0 bridgehead atoms. The Balaban J connectivity index is 2.36. The van der Waals surface area contributed by atoms with E-state index in [1.54, 1.807) is 18.2 Å². The van der Waals surface area contributed by atoms with Gasteiger partial charge < -0.3 is 5.32 Å². The summed E-state index contributed by atoms with van der Waals surface area (Å²) in [5, 5.41) is 3.46. The SMILES string of the molecule is CC(=O)NC(C)c1sc(-c2ccccc2F)nc1C. The van der Waals surface area contributed by atoms with Gasteiger partial charge in [0.1, 0.15) is 10.8 Å². The van der Waals surface area contributed by atoms with Gasteiger partial charge in [-0.15, -0.1) is 11.3 Å². The highest BCUT2D eigenvalue weighted by molar-refractivity contribution is 7.15. The quantitative estimate of drug-likeness (QED) is 0.934. The molecule has 2 rings (SSSR count). The number of nitrogens with one attached hydrogen (secondary N) is 1. The monoisotopic (exact) mass is 278 g/mol. The van der Waals surface area contributed by atoms with Crippen LogP contribution in [0.25, 0.3) is 10.6 Å². The second-order valence-electron chi connectivity index (χ2n) is 4.37. The van der Waals surface area contributed by atoms with Crippen molar-refractivity contribution in [2.75, 3.05) is 0 Å². The highest BCUT2D eigenvalue weighted by Crippen LogP contribution is 2.32. The van der Waals surface area contributed by atoms with Crippen LogP contribution in [0.5, 0.6) is 0 Å². The number of nitrogens with zero attached hydrogens (tertiary/aromatic N) is 1. The van der Waals surface area contributed by atoms with Gasteiger partial charge in [-0.25, -0.2) is 9.37 Å². The lowest BCUT2D eigenvalue weighted by Gasteiger charge is -2.10. The number of carbonyl (C=O) groups is 1. The van der Waals surface area contributed by atoms with Crippen molar-refractivity contribution < 1.29 is 9.18 Å². The number of aromatic nitrogens is 1. The molecule has 0 aliphatic heterocycles. The third-order valence-corrected chi connectivity index (χ3v) is 4.12. The largest absolute Gasteiger partial charge is 0.349 e. The molecule has 1 amide bonds. The summed E-state index contributed by atoms with van der Waals surface area (Å²) in [6, 6.07) is 6.45. The third kappa shape index (κ3) is 2.98. The van der Waals surface area contributed by atoms with Crippen molar-refractivity contribution in [1.82, 2.24) is 10.3 Å². The predicted molar refractivity (Wildman–Crippen MR) is 74.5 cm³/mol. The van der Waals surface area contributed by atoms with Crippen LogP contribution in [-0.4, -0.2) is 10.9 Å². The van der Waals surface area contributed by atoms with Crippen molar-refractivity contribution in [3.05, 3.63) is 40.7 Å². The Hall–Kier alpha value is -1.75. The smallest absolute Gasteiger partial charge is 0.217 e. The van der Waals surface area contributed by atoms with E-state index in [-0.39, 0.29) is 17.8 Å². The van der Waals surface area contributed by atoms with Gasteiger partial charge in [0.25, 0.3) is 0 Å². The molecule has 0 fully saturated rings. The fourth-order valence-corrected chi connectivity index (χ4v) is 3.03. The minimum atomic E-state index is -0.282. The predicted octanol–water partition coefficient (Wildman–Crippen LogP) is 3.45. The molecule has 1 N–H and O–H groups in total. The molecule has 3 nitrogen and oxygen atoms in total. The molecule has 0 saturated carbocycles. The summed E-state index contributed by atoms with van der Waals surface area (Å²) in [4.78, 5) is 16.4. The van der Waals surface area contributed by atoms with Crippen molar-refractivity contribution in [3.63, 3.8) is 0 Å². The molecule has 1 heterocycles. The lowest BCUT2D eigenvalue weighted by atomic mass is 10.2. The summed E-state index contributed by atoms with van der Waals surface area (Å²) in [6.07, 6.45) is 0. The Kier molecular flexibility index (Phi) is 3.95. The molecule has 2 aromatic rings. The maximum Gasteiger partial charge on any atom is 0.217 e. The van der Waals surface area contributed by atoms with Crippen LogP contribution >= 0.6 is 11.3 Å². The summed E-state index contributed by atoms with van der Waals surface area (Å²) in [7, 11) is 0. The molecule has 1 unspecified atom stereocenters. The van der Waals surface area contributed by atoms with Gasteiger partial charge in [0.2, 0.25) is 5.91 Å². The minimum absolute atomic E-state index is 0.0901. The number of hydrogen-bond acceptors (Lipinski definition) is 3. The number of amides is 1. The van der Waals surface area contributed by atoms with Gasteiger partial charge in [-0.05, 0) is 26.0 Å². The van der Waals surface area contributed by atoms with E-state index in [0.29, 0.717) is 10.6 Å². The Morgan fingerprint density at radius 3 is 2.74 bits per heavy atom. The molecule has 0 aliphatic carbocycles. The van der Waals surface area contributed by atoms with E-state index in [1.165, 1.54) is 24.3 Å². The Morgan fingerprint density at radius 2 is 2.11 bits per heavy atom. The van der Waals surface area contributed by atoms with E-state index in [2.05, 4.69) is 10.3 Å². The molecule has 0 saturated heterocycles. The van der Waals surface area contributed by atoms with E-state index in [1.807, 2.05) is 13.8 Å². The van der Waals surface area contributed by atoms with Gasteiger partial charge in [0, 0.05) is 12.5 Å². The van der Waals surface area contributed by atoms with Gasteiger partial charge in [-0.2, -0.15) is 0 Å². The van der Waals surface area contributed by atoms with Crippen molar-refractivity contribution in [2.24, 2.45) is 0 Å². The number of aryl methyl sites for hydroxylation is 1. The molecule has 1 atom stereocenters. The molecule has 0 aliphatic rings. The molecule has 0 spiro atoms. The molecule has 100 valence electrons. The zero-order chi connectivity index (χ0) is 14.0. The second kappa shape index (κ2) is 5.48. The van der Waals surface area contributed by atoms with Crippen molar-refractivity contribution in [2.45, 2.75) is 26.8 Å². The summed E-state index contributed by atoms with van der Waals surface area (Å²) >= 11 is 1.41. The number of rotatable bonds is 3. The molecule has 0 radical (unpaired) electrons. The first-order chi connectivity index (χ1) is 8.99. The van der Waals surface area contributed by atoms with E-state index in [9.17, 15) is 9.18 Å². The fraction of sp³-hybridized carbons (Fsp3) is 0.286. The van der Waals surface area contributed by atoms with E-state index < -0.39 is 0 Å². The zero-order valence-corrected chi connectivity index (χ0v) is 11.8. The number of hydrogen-bond donors (Lipinski definition) is 1. The highest BCUT2D eigenvalue weighted by Gasteiger charge is 2.17. The van der Waals surface area contributed by atoms with Crippen LogP contribution in [0.4, 0.5) is 4.39 Å². The van der Waals surface area contributed by atoms with Crippen LogP contribution in [0, 0.1) is 12.7 Å². The Bertz CT molecular complexity index is 609. The maximum atomic E-state index is 13.7. The van der Waals surface area contributed by atoms with Gasteiger partial charge >= 0.3 is 0 Å². The average Bonchev–Trinajstić information content (AvgIpc) is 2.71. The van der Waals surface area contributed by atoms with Gasteiger partial charge in [0.15, 0.2) is 0 Å². The molecule has 1 aromatic heterocycles. The van der Waals surface area contributed by atoms with E-state index >= 15 is 0 Å². The van der Waals surface area contributed by atoms with Crippen LogP contribution in [0.3, 0.4) is 0 Å². The van der Waals surface area contributed by atoms with Crippen molar-refractivity contribution in [3.8, 4) is 10.6 Å².